The first-order valence-electron chi connectivity index (χ1n) is 10.2. The molecule has 1 N–H and O–H groups in total. The van der Waals surface area contributed by atoms with Crippen molar-refractivity contribution in [1.29, 1.82) is 0 Å². The molecular formula is C20H31NO9. The van der Waals surface area contributed by atoms with Gasteiger partial charge in [0.15, 0.2) is 18.5 Å². The summed E-state index contributed by atoms with van der Waals surface area (Å²) < 4.78 is 28.0. The normalized spacial score (nSPS) is 29.5. The maximum Gasteiger partial charge on any atom is 0.303 e. The monoisotopic (exact) mass is 429 g/mol. The summed E-state index contributed by atoms with van der Waals surface area (Å²) in [6.07, 6.45) is 0.643. The van der Waals surface area contributed by atoms with Gasteiger partial charge in [-0.3, -0.25) is 19.2 Å². The van der Waals surface area contributed by atoms with E-state index in [9.17, 15) is 19.2 Å². The van der Waals surface area contributed by atoms with E-state index in [0.29, 0.717) is 0 Å². The Morgan fingerprint density at radius 3 is 2.00 bits per heavy atom. The van der Waals surface area contributed by atoms with Gasteiger partial charge in [-0.15, -0.1) is 0 Å². The third-order valence-corrected chi connectivity index (χ3v) is 4.95. The van der Waals surface area contributed by atoms with E-state index in [1.54, 1.807) is 0 Å². The Balaban J connectivity index is 2.34. The Morgan fingerprint density at radius 2 is 1.47 bits per heavy atom. The zero-order valence-corrected chi connectivity index (χ0v) is 17.9. The van der Waals surface area contributed by atoms with Crippen LogP contribution < -0.4 is 5.32 Å². The van der Waals surface area contributed by atoms with Crippen molar-refractivity contribution in [1.82, 2.24) is 5.32 Å². The zero-order valence-electron chi connectivity index (χ0n) is 17.9. The van der Waals surface area contributed by atoms with E-state index in [1.807, 2.05) is 0 Å². The Hall–Kier alpha value is -2.20. The summed E-state index contributed by atoms with van der Waals surface area (Å²) in [5.74, 6) is -2.20. The lowest BCUT2D eigenvalue weighted by molar-refractivity contribution is -0.289. The van der Waals surface area contributed by atoms with Crippen molar-refractivity contribution in [3.05, 3.63) is 0 Å². The van der Waals surface area contributed by atoms with E-state index in [0.717, 1.165) is 32.1 Å². The summed E-state index contributed by atoms with van der Waals surface area (Å²) in [6, 6.07) is -0.911. The number of ether oxygens (including phenoxy) is 5. The molecule has 0 radical (unpaired) electrons. The second-order valence-corrected chi connectivity index (χ2v) is 7.62. The number of rotatable bonds is 7. The van der Waals surface area contributed by atoms with Gasteiger partial charge >= 0.3 is 17.9 Å². The molecular weight excluding hydrogens is 398 g/mol. The maximum absolute atomic E-state index is 11.9. The van der Waals surface area contributed by atoms with Crippen LogP contribution in [0, 0.1) is 0 Å². The standard InChI is InChI=1S/C20H31NO9/c1-11(22)21-17-19(28-14(4)25)18(27-13(3)24)16(10-26-12(2)23)30-20(17)29-15-8-6-5-7-9-15/h15-20H,5-10H2,1-4H3,(H,21,22)/t16-,17-,18+,19+,20-/m0/s1. The number of carbonyl (C=O) groups is 4. The lowest BCUT2D eigenvalue weighted by Crippen LogP contribution is -2.67. The molecule has 0 aromatic rings. The van der Waals surface area contributed by atoms with Crippen molar-refractivity contribution in [2.75, 3.05) is 6.61 Å². The second kappa shape index (κ2) is 11.3. The minimum atomic E-state index is -1.10. The molecule has 170 valence electrons. The van der Waals surface area contributed by atoms with Gasteiger partial charge in [0, 0.05) is 27.7 Å². The van der Waals surface area contributed by atoms with Crippen LogP contribution in [0.25, 0.3) is 0 Å². The average molecular weight is 429 g/mol. The van der Waals surface area contributed by atoms with Gasteiger partial charge in [-0.1, -0.05) is 19.3 Å². The van der Waals surface area contributed by atoms with Crippen LogP contribution in [0.2, 0.25) is 0 Å². The zero-order chi connectivity index (χ0) is 22.3. The van der Waals surface area contributed by atoms with Crippen LogP contribution in [0.15, 0.2) is 0 Å². The molecule has 0 aromatic heterocycles. The fourth-order valence-electron chi connectivity index (χ4n) is 3.80. The van der Waals surface area contributed by atoms with Crippen LogP contribution in [0.5, 0.6) is 0 Å². The predicted octanol–water partition coefficient (Wildman–Crippen LogP) is 0.992. The third kappa shape index (κ3) is 7.24. The molecule has 5 atom stereocenters. The van der Waals surface area contributed by atoms with E-state index in [-0.39, 0.29) is 12.7 Å². The lowest BCUT2D eigenvalue weighted by Gasteiger charge is -2.46. The molecule has 0 aromatic carbocycles. The van der Waals surface area contributed by atoms with Gasteiger partial charge in [-0.05, 0) is 12.8 Å². The molecule has 10 nitrogen and oxygen atoms in total. The average Bonchev–Trinajstić information content (AvgIpc) is 2.64. The van der Waals surface area contributed by atoms with Crippen LogP contribution in [0.1, 0.15) is 59.8 Å². The highest BCUT2D eigenvalue weighted by molar-refractivity contribution is 5.73. The first-order valence-corrected chi connectivity index (χ1v) is 10.2. The topological polar surface area (TPSA) is 126 Å². The molecule has 1 amide bonds. The predicted molar refractivity (Wildman–Crippen MR) is 102 cm³/mol. The molecule has 2 rings (SSSR count). The number of nitrogens with one attached hydrogen (secondary N) is 1. The second-order valence-electron chi connectivity index (χ2n) is 7.62. The molecule has 1 saturated carbocycles. The van der Waals surface area contributed by atoms with Crippen LogP contribution in [-0.4, -0.2) is 67.2 Å². The SMILES string of the molecule is CC(=O)N[C@@H]1[C@@H](OC2CCCCC2)O[C@@H](COC(C)=O)[C@@H](OC(C)=O)[C@@H]1OC(C)=O. The van der Waals surface area contributed by atoms with Crippen LogP contribution >= 0.6 is 0 Å². The molecule has 10 heteroatoms. The molecule has 2 fully saturated rings. The molecule has 0 unspecified atom stereocenters. The minimum Gasteiger partial charge on any atom is -0.463 e. The van der Waals surface area contributed by atoms with Gasteiger partial charge in [-0.2, -0.15) is 0 Å². The Kier molecular flexibility index (Phi) is 9.04. The van der Waals surface area contributed by atoms with Gasteiger partial charge in [0.05, 0.1) is 6.10 Å². The van der Waals surface area contributed by atoms with E-state index in [1.165, 1.54) is 27.7 Å². The molecule has 0 spiro atoms. The van der Waals surface area contributed by atoms with E-state index in [2.05, 4.69) is 5.32 Å². The van der Waals surface area contributed by atoms with Crippen LogP contribution in [0.3, 0.4) is 0 Å². The van der Waals surface area contributed by atoms with Crippen molar-refractivity contribution < 1.29 is 42.9 Å². The van der Waals surface area contributed by atoms with Crippen molar-refractivity contribution in [2.45, 2.75) is 96.5 Å². The van der Waals surface area contributed by atoms with Crippen LogP contribution in [-0.2, 0) is 42.9 Å². The number of esters is 3. The Labute approximate surface area is 175 Å². The minimum absolute atomic E-state index is 0.0855. The van der Waals surface area contributed by atoms with Crippen molar-refractivity contribution in [2.24, 2.45) is 0 Å². The largest absolute Gasteiger partial charge is 0.463 e. The molecule has 1 aliphatic heterocycles. The quantitative estimate of drug-likeness (QED) is 0.466. The summed E-state index contributed by atoms with van der Waals surface area (Å²) in [5, 5.41) is 2.70. The van der Waals surface area contributed by atoms with Crippen molar-refractivity contribution in [3.63, 3.8) is 0 Å². The van der Waals surface area contributed by atoms with Crippen molar-refractivity contribution in [3.8, 4) is 0 Å². The fourth-order valence-corrected chi connectivity index (χ4v) is 3.80. The third-order valence-electron chi connectivity index (χ3n) is 4.95. The van der Waals surface area contributed by atoms with E-state index in [4.69, 9.17) is 23.7 Å². The van der Waals surface area contributed by atoms with Crippen molar-refractivity contribution >= 4 is 23.8 Å². The number of carbonyl (C=O) groups excluding carboxylic acids is 4. The highest BCUT2D eigenvalue weighted by Crippen LogP contribution is 2.31. The smallest absolute Gasteiger partial charge is 0.303 e. The van der Waals surface area contributed by atoms with E-state index >= 15 is 0 Å². The molecule has 0 bridgehead atoms. The maximum atomic E-state index is 11.9. The van der Waals surface area contributed by atoms with Gasteiger partial charge in [-0.25, -0.2) is 0 Å². The Morgan fingerprint density at radius 1 is 0.867 bits per heavy atom. The van der Waals surface area contributed by atoms with Gasteiger partial charge < -0.3 is 29.0 Å². The fraction of sp³-hybridized carbons (Fsp3) is 0.800. The van der Waals surface area contributed by atoms with Gasteiger partial charge in [0.1, 0.15) is 18.8 Å². The lowest BCUT2D eigenvalue weighted by atomic mass is 9.94. The van der Waals surface area contributed by atoms with E-state index < -0.39 is 54.5 Å². The summed E-state index contributed by atoms with van der Waals surface area (Å²) in [6.45, 7) is 4.73. The first kappa shape index (κ1) is 24.1. The highest BCUT2D eigenvalue weighted by atomic mass is 16.7. The van der Waals surface area contributed by atoms with Crippen LogP contribution in [0.4, 0.5) is 0 Å². The van der Waals surface area contributed by atoms with Gasteiger partial charge in [0.25, 0.3) is 0 Å². The summed E-state index contributed by atoms with van der Waals surface area (Å²) in [4.78, 5) is 46.7. The number of amides is 1. The highest BCUT2D eigenvalue weighted by Gasteiger charge is 2.51. The molecule has 2 aliphatic rings. The number of hydrogen-bond donors (Lipinski definition) is 1. The summed E-state index contributed by atoms with van der Waals surface area (Å²) in [5.41, 5.74) is 0. The summed E-state index contributed by atoms with van der Waals surface area (Å²) >= 11 is 0. The molecule has 1 aliphatic carbocycles. The molecule has 1 heterocycles. The first-order chi connectivity index (χ1) is 14.2. The molecule has 1 saturated heterocycles. The number of hydrogen-bond acceptors (Lipinski definition) is 9. The molecule has 30 heavy (non-hydrogen) atoms. The Bertz CT molecular complexity index is 632. The van der Waals surface area contributed by atoms with Gasteiger partial charge in [0.2, 0.25) is 5.91 Å². The summed E-state index contributed by atoms with van der Waals surface area (Å²) in [7, 11) is 0.